The van der Waals surface area contributed by atoms with Gasteiger partial charge in [0.15, 0.2) is 0 Å². The van der Waals surface area contributed by atoms with Crippen LogP contribution in [0.5, 0.6) is 5.75 Å². The first-order valence-corrected chi connectivity index (χ1v) is 10.1. The van der Waals surface area contributed by atoms with Gasteiger partial charge in [-0.3, -0.25) is 4.79 Å². The van der Waals surface area contributed by atoms with Crippen LogP contribution in [0.25, 0.3) is 16.5 Å². The maximum atomic E-state index is 12.6. The lowest BCUT2D eigenvalue weighted by Gasteiger charge is -2.14. The highest BCUT2D eigenvalue weighted by atomic mass is 35.5. The summed E-state index contributed by atoms with van der Waals surface area (Å²) in [6.07, 6.45) is 1.54. The molecule has 0 fully saturated rings. The zero-order chi connectivity index (χ0) is 21.3. The summed E-state index contributed by atoms with van der Waals surface area (Å²) in [5.41, 5.74) is 4.96. The summed E-state index contributed by atoms with van der Waals surface area (Å²) >= 11 is 12.1. The smallest absolute Gasteiger partial charge is 0.248 e. The quantitative estimate of drug-likeness (QED) is 0.437. The van der Waals surface area contributed by atoms with Crippen molar-refractivity contribution in [1.82, 2.24) is 0 Å². The fraction of sp³-hybridized carbons (Fsp3) is 0.261. The van der Waals surface area contributed by atoms with Crippen molar-refractivity contribution in [2.45, 2.75) is 34.6 Å². The standard InChI is InChI=1S/C23H23Cl2NO3/c1-6-28-22-14(4)23-18(13(3)15(5)29-23)11-17(22)12(2)9-21(27)26-20-8-7-16(24)10-19(20)25/h7-11H,6H2,1-5H3,(H,26,27)/b12-9+. The summed E-state index contributed by atoms with van der Waals surface area (Å²) in [5.74, 6) is 1.31. The number of amides is 1. The molecule has 0 atom stereocenters. The number of aryl methyl sites for hydroxylation is 3. The molecule has 1 amide bonds. The molecule has 1 N–H and O–H groups in total. The number of carbonyl (C=O) groups excluding carboxylic acids is 1. The Morgan fingerprint density at radius 3 is 2.55 bits per heavy atom. The monoisotopic (exact) mass is 431 g/mol. The fourth-order valence-electron chi connectivity index (χ4n) is 3.27. The number of allylic oxidation sites excluding steroid dienone is 1. The van der Waals surface area contributed by atoms with E-state index in [0.29, 0.717) is 22.3 Å². The number of hydrogen-bond donors (Lipinski definition) is 1. The largest absolute Gasteiger partial charge is 0.493 e. The molecule has 4 nitrogen and oxygen atoms in total. The molecule has 29 heavy (non-hydrogen) atoms. The molecule has 0 radical (unpaired) electrons. The van der Waals surface area contributed by atoms with Crippen LogP contribution in [-0.4, -0.2) is 12.5 Å². The summed E-state index contributed by atoms with van der Waals surface area (Å²) in [5, 5.41) is 4.71. The predicted octanol–water partition coefficient (Wildman–Crippen LogP) is 7.11. The van der Waals surface area contributed by atoms with Gasteiger partial charge in [0.05, 0.1) is 17.3 Å². The van der Waals surface area contributed by atoms with Crippen LogP contribution in [0.4, 0.5) is 5.69 Å². The lowest BCUT2D eigenvalue weighted by atomic mass is 9.98. The second-order valence-electron chi connectivity index (χ2n) is 6.91. The van der Waals surface area contributed by atoms with Crippen molar-refractivity contribution in [3.63, 3.8) is 0 Å². The molecule has 152 valence electrons. The van der Waals surface area contributed by atoms with E-state index >= 15 is 0 Å². The highest BCUT2D eigenvalue weighted by molar-refractivity contribution is 6.36. The molecule has 0 aliphatic rings. The number of furan rings is 1. The Balaban J connectivity index is 2.02. The van der Waals surface area contributed by atoms with Crippen molar-refractivity contribution in [3.8, 4) is 5.75 Å². The molecule has 0 aliphatic carbocycles. The van der Waals surface area contributed by atoms with Gasteiger partial charge in [-0.05, 0) is 70.0 Å². The second-order valence-corrected chi connectivity index (χ2v) is 7.76. The number of anilines is 1. The summed E-state index contributed by atoms with van der Waals surface area (Å²) in [6, 6.07) is 6.95. The Bertz CT molecular complexity index is 1130. The Morgan fingerprint density at radius 1 is 1.17 bits per heavy atom. The van der Waals surface area contributed by atoms with Crippen LogP contribution in [0, 0.1) is 20.8 Å². The van der Waals surface area contributed by atoms with E-state index in [9.17, 15) is 4.79 Å². The number of ether oxygens (including phenoxy) is 1. The van der Waals surface area contributed by atoms with Gasteiger partial charge in [0, 0.05) is 27.6 Å². The third-order valence-electron chi connectivity index (χ3n) is 4.90. The maximum Gasteiger partial charge on any atom is 0.248 e. The molecule has 0 spiro atoms. The van der Waals surface area contributed by atoms with Gasteiger partial charge in [-0.2, -0.15) is 0 Å². The molecule has 1 heterocycles. The molecule has 1 aromatic heterocycles. The molecule has 0 unspecified atom stereocenters. The third kappa shape index (κ3) is 4.29. The van der Waals surface area contributed by atoms with E-state index in [0.717, 1.165) is 44.7 Å². The minimum atomic E-state index is -0.285. The van der Waals surface area contributed by atoms with E-state index in [1.807, 2.05) is 40.7 Å². The average Bonchev–Trinajstić information content (AvgIpc) is 2.94. The fourth-order valence-corrected chi connectivity index (χ4v) is 3.72. The highest BCUT2D eigenvalue weighted by Gasteiger charge is 2.19. The van der Waals surface area contributed by atoms with Crippen LogP contribution in [0.1, 0.15) is 36.3 Å². The number of carbonyl (C=O) groups is 1. The van der Waals surface area contributed by atoms with Crippen LogP contribution in [0.15, 0.2) is 34.8 Å². The predicted molar refractivity (Wildman–Crippen MR) is 120 cm³/mol. The molecule has 0 saturated heterocycles. The van der Waals surface area contributed by atoms with Crippen molar-refractivity contribution >= 4 is 51.3 Å². The van der Waals surface area contributed by atoms with Crippen molar-refractivity contribution in [2.24, 2.45) is 0 Å². The Morgan fingerprint density at radius 2 is 1.90 bits per heavy atom. The number of halogens is 2. The van der Waals surface area contributed by atoms with Crippen LogP contribution in [-0.2, 0) is 4.79 Å². The average molecular weight is 432 g/mol. The number of rotatable bonds is 5. The van der Waals surface area contributed by atoms with E-state index in [1.54, 1.807) is 18.2 Å². The number of hydrogen-bond acceptors (Lipinski definition) is 3. The zero-order valence-electron chi connectivity index (χ0n) is 17.1. The molecule has 0 aliphatic heterocycles. The van der Waals surface area contributed by atoms with E-state index in [-0.39, 0.29) is 5.91 Å². The zero-order valence-corrected chi connectivity index (χ0v) is 18.6. The third-order valence-corrected chi connectivity index (χ3v) is 5.44. The van der Waals surface area contributed by atoms with Crippen LogP contribution >= 0.6 is 23.2 Å². The van der Waals surface area contributed by atoms with Gasteiger partial charge < -0.3 is 14.5 Å². The van der Waals surface area contributed by atoms with Crippen LogP contribution in [0.2, 0.25) is 10.0 Å². The lowest BCUT2D eigenvalue weighted by Crippen LogP contribution is -2.09. The van der Waals surface area contributed by atoms with Gasteiger partial charge in [-0.25, -0.2) is 0 Å². The van der Waals surface area contributed by atoms with Gasteiger partial charge in [0.2, 0.25) is 5.91 Å². The Kier molecular flexibility index (Phi) is 6.25. The van der Waals surface area contributed by atoms with Gasteiger partial charge >= 0.3 is 0 Å². The lowest BCUT2D eigenvalue weighted by molar-refractivity contribution is -0.111. The molecule has 6 heteroatoms. The summed E-state index contributed by atoms with van der Waals surface area (Å²) in [6.45, 7) is 10.3. The minimum Gasteiger partial charge on any atom is -0.493 e. The topological polar surface area (TPSA) is 51.5 Å². The van der Waals surface area contributed by atoms with Crippen molar-refractivity contribution in [1.29, 1.82) is 0 Å². The van der Waals surface area contributed by atoms with Crippen molar-refractivity contribution in [2.75, 3.05) is 11.9 Å². The number of nitrogens with one attached hydrogen (secondary N) is 1. The summed E-state index contributed by atoms with van der Waals surface area (Å²) < 4.78 is 11.8. The van der Waals surface area contributed by atoms with Crippen molar-refractivity contribution in [3.05, 3.63) is 62.8 Å². The molecule has 2 aromatic carbocycles. The van der Waals surface area contributed by atoms with E-state index in [1.165, 1.54) is 6.08 Å². The highest BCUT2D eigenvalue weighted by Crippen LogP contribution is 2.39. The Hall–Kier alpha value is -2.43. The second kappa shape index (κ2) is 8.52. The van der Waals surface area contributed by atoms with E-state index in [2.05, 4.69) is 5.32 Å². The summed E-state index contributed by atoms with van der Waals surface area (Å²) in [7, 11) is 0. The van der Waals surface area contributed by atoms with Crippen molar-refractivity contribution < 1.29 is 13.9 Å². The normalized spacial score (nSPS) is 11.8. The van der Waals surface area contributed by atoms with E-state index < -0.39 is 0 Å². The van der Waals surface area contributed by atoms with Gasteiger partial charge in [0.25, 0.3) is 0 Å². The van der Waals surface area contributed by atoms with Gasteiger partial charge in [-0.1, -0.05) is 23.2 Å². The number of fused-ring (bicyclic) bond motifs is 1. The SMILES string of the molecule is CCOc1c(/C(C)=C/C(=O)Nc2ccc(Cl)cc2Cl)cc2c(C)c(C)oc2c1C. The first kappa shape index (κ1) is 21.3. The van der Waals surface area contributed by atoms with Gasteiger partial charge in [-0.15, -0.1) is 0 Å². The van der Waals surface area contributed by atoms with Crippen LogP contribution < -0.4 is 10.1 Å². The molecular weight excluding hydrogens is 409 g/mol. The molecular formula is C23H23Cl2NO3. The molecule has 0 saturated carbocycles. The van der Waals surface area contributed by atoms with Gasteiger partial charge in [0.1, 0.15) is 17.1 Å². The number of benzene rings is 2. The van der Waals surface area contributed by atoms with E-state index in [4.69, 9.17) is 32.4 Å². The minimum absolute atomic E-state index is 0.285. The molecule has 3 aromatic rings. The first-order valence-electron chi connectivity index (χ1n) is 9.33. The summed E-state index contributed by atoms with van der Waals surface area (Å²) in [4.78, 5) is 12.6. The molecule has 3 rings (SSSR count). The molecule has 0 bridgehead atoms. The Labute approximate surface area is 180 Å². The maximum absolute atomic E-state index is 12.6. The first-order chi connectivity index (χ1) is 13.7. The van der Waals surface area contributed by atoms with Crippen LogP contribution in [0.3, 0.4) is 0 Å².